The first-order valence-electron chi connectivity index (χ1n) is 6.53. The molecule has 0 aliphatic rings. The lowest BCUT2D eigenvalue weighted by molar-refractivity contribution is 0.0741. The highest BCUT2D eigenvalue weighted by molar-refractivity contribution is 7.98. The molecule has 5 nitrogen and oxygen atoms in total. The molecule has 0 aliphatic carbocycles. The SMILES string of the molecule is CSCCC(C)N(C)C(=O)c1cc(N)cc(S(C)(=O)=O)c1. The molecular weight excluding hydrogens is 308 g/mol. The van der Waals surface area contributed by atoms with Gasteiger partial charge in [0.05, 0.1) is 4.90 Å². The fraction of sp³-hybridized carbons (Fsp3) is 0.500. The maximum atomic E-state index is 12.4. The van der Waals surface area contributed by atoms with Crippen molar-refractivity contribution >= 4 is 33.2 Å². The van der Waals surface area contributed by atoms with E-state index in [2.05, 4.69) is 0 Å². The third-order valence-electron chi connectivity index (χ3n) is 3.33. The molecule has 0 aliphatic heterocycles. The Labute approximate surface area is 130 Å². The molecule has 21 heavy (non-hydrogen) atoms. The van der Waals surface area contributed by atoms with Crippen molar-refractivity contribution in [3.63, 3.8) is 0 Å². The topological polar surface area (TPSA) is 80.5 Å². The van der Waals surface area contributed by atoms with Gasteiger partial charge in [-0.1, -0.05) is 0 Å². The number of nitrogens with zero attached hydrogens (tertiary/aromatic N) is 1. The number of carbonyl (C=O) groups excluding carboxylic acids is 1. The number of sulfone groups is 1. The van der Waals surface area contributed by atoms with Crippen LogP contribution in [0.3, 0.4) is 0 Å². The molecule has 1 aromatic rings. The van der Waals surface area contributed by atoms with E-state index in [-0.39, 0.29) is 22.5 Å². The fourth-order valence-electron chi connectivity index (χ4n) is 1.85. The van der Waals surface area contributed by atoms with Crippen LogP contribution in [0.15, 0.2) is 23.1 Å². The Morgan fingerprint density at radius 2 is 2.00 bits per heavy atom. The van der Waals surface area contributed by atoms with Crippen LogP contribution in [0.5, 0.6) is 0 Å². The van der Waals surface area contributed by atoms with Crippen molar-refractivity contribution in [3.05, 3.63) is 23.8 Å². The van der Waals surface area contributed by atoms with Crippen LogP contribution in [0, 0.1) is 0 Å². The first-order chi connectivity index (χ1) is 9.66. The van der Waals surface area contributed by atoms with Crippen molar-refractivity contribution < 1.29 is 13.2 Å². The first-order valence-corrected chi connectivity index (χ1v) is 9.82. The normalized spacial score (nSPS) is 13.0. The van der Waals surface area contributed by atoms with Gasteiger partial charge >= 0.3 is 0 Å². The second-order valence-corrected chi connectivity index (χ2v) is 8.11. The Bertz CT molecular complexity index is 615. The van der Waals surface area contributed by atoms with Crippen LogP contribution in [0.2, 0.25) is 0 Å². The van der Waals surface area contributed by atoms with Crippen molar-refractivity contribution in [2.45, 2.75) is 24.3 Å². The van der Waals surface area contributed by atoms with Gasteiger partial charge in [0, 0.05) is 30.6 Å². The van der Waals surface area contributed by atoms with Crippen molar-refractivity contribution in [1.82, 2.24) is 4.90 Å². The largest absolute Gasteiger partial charge is 0.399 e. The van der Waals surface area contributed by atoms with Gasteiger partial charge in [-0.3, -0.25) is 4.79 Å². The monoisotopic (exact) mass is 330 g/mol. The van der Waals surface area contributed by atoms with Crippen LogP contribution in [-0.2, 0) is 9.84 Å². The van der Waals surface area contributed by atoms with Gasteiger partial charge in [0.1, 0.15) is 0 Å². The summed E-state index contributed by atoms with van der Waals surface area (Å²) in [6, 6.07) is 4.33. The number of nitrogen functional groups attached to an aromatic ring is 1. The molecule has 0 saturated heterocycles. The Kier molecular flexibility index (Phi) is 6.10. The molecule has 0 fully saturated rings. The molecule has 0 saturated carbocycles. The number of rotatable bonds is 6. The molecule has 1 atom stereocenters. The van der Waals surface area contributed by atoms with E-state index >= 15 is 0 Å². The minimum Gasteiger partial charge on any atom is -0.399 e. The van der Waals surface area contributed by atoms with E-state index in [1.807, 2.05) is 13.2 Å². The number of thioether (sulfide) groups is 1. The lowest BCUT2D eigenvalue weighted by atomic mass is 10.1. The summed E-state index contributed by atoms with van der Waals surface area (Å²) in [5.41, 5.74) is 6.28. The Morgan fingerprint density at radius 1 is 1.38 bits per heavy atom. The molecule has 1 amide bonds. The van der Waals surface area contributed by atoms with Gasteiger partial charge in [-0.05, 0) is 43.6 Å². The highest BCUT2D eigenvalue weighted by Crippen LogP contribution is 2.19. The van der Waals surface area contributed by atoms with E-state index in [4.69, 9.17) is 5.73 Å². The predicted molar refractivity (Wildman–Crippen MR) is 88.5 cm³/mol. The third kappa shape index (κ3) is 4.93. The number of anilines is 1. The second kappa shape index (κ2) is 7.17. The van der Waals surface area contributed by atoms with Crippen molar-refractivity contribution in [2.24, 2.45) is 0 Å². The summed E-state index contributed by atoms with van der Waals surface area (Å²) < 4.78 is 23.2. The summed E-state index contributed by atoms with van der Waals surface area (Å²) in [6.07, 6.45) is 4.00. The first kappa shape index (κ1) is 17.8. The third-order valence-corrected chi connectivity index (χ3v) is 5.06. The van der Waals surface area contributed by atoms with Crippen LogP contribution in [0.1, 0.15) is 23.7 Å². The molecule has 1 rings (SSSR count). The number of nitrogens with two attached hydrogens (primary N) is 1. The van der Waals surface area contributed by atoms with E-state index in [0.29, 0.717) is 5.56 Å². The average Bonchev–Trinajstić information content (AvgIpc) is 2.41. The zero-order valence-corrected chi connectivity index (χ0v) is 14.4. The van der Waals surface area contributed by atoms with Crippen LogP contribution in [-0.4, -0.2) is 50.6 Å². The number of hydrogen-bond acceptors (Lipinski definition) is 5. The molecule has 1 unspecified atom stereocenters. The van der Waals surface area contributed by atoms with Gasteiger partial charge in [-0.2, -0.15) is 11.8 Å². The molecule has 0 bridgehead atoms. The van der Waals surface area contributed by atoms with Crippen LogP contribution >= 0.6 is 11.8 Å². The van der Waals surface area contributed by atoms with Gasteiger partial charge < -0.3 is 10.6 Å². The number of hydrogen-bond donors (Lipinski definition) is 1. The van der Waals surface area contributed by atoms with Gasteiger partial charge in [0.25, 0.3) is 5.91 Å². The summed E-state index contributed by atoms with van der Waals surface area (Å²) in [6.45, 7) is 1.97. The lowest BCUT2D eigenvalue weighted by Gasteiger charge is -2.25. The van der Waals surface area contributed by atoms with E-state index < -0.39 is 9.84 Å². The molecule has 0 heterocycles. The number of carbonyl (C=O) groups is 1. The zero-order valence-electron chi connectivity index (χ0n) is 12.8. The van der Waals surface area contributed by atoms with E-state index in [9.17, 15) is 13.2 Å². The average molecular weight is 330 g/mol. The van der Waals surface area contributed by atoms with Gasteiger partial charge in [-0.15, -0.1) is 0 Å². The standard InChI is InChI=1S/C14H22N2O3S2/c1-10(5-6-20-3)16(2)14(17)11-7-12(15)9-13(8-11)21(4,18)19/h7-10H,5-6,15H2,1-4H3. The molecule has 0 spiro atoms. The zero-order chi connectivity index (χ0) is 16.2. The minimum atomic E-state index is -3.40. The predicted octanol–water partition coefficient (Wildman–Crippen LogP) is 1.89. The van der Waals surface area contributed by atoms with Gasteiger partial charge in [-0.25, -0.2) is 8.42 Å². The number of benzene rings is 1. The van der Waals surface area contributed by atoms with E-state index in [1.165, 1.54) is 18.2 Å². The molecule has 2 N–H and O–H groups in total. The Morgan fingerprint density at radius 3 is 2.52 bits per heavy atom. The van der Waals surface area contributed by atoms with Crippen LogP contribution in [0.25, 0.3) is 0 Å². The van der Waals surface area contributed by atoms with E-state index in [1.54, 1.807) is 23.7 Å². The summed E-state index contributed by atoms with van der Waals surface area (Å²) in [5, 5.41) is 0. The number of amides is 1. The van der Waals surface area contributed by atoms with Crippen molar-refractivity contribution in [2.75, 3.05) is 31.0 Å². The van der Waals surface area contributed by atoms with Crippen molar-refractivity contribution in [1.29, 1.82) is 0 Å². The smallest absolute Gasteiger partial charge is 0.253 e. The van der Waals surface area contributed by atoms with Crippen molar-refractivity contribution in [3.8, 4) is 0 Å². The Hall–Kier alpha value is -1.21. The summed E-state index contributed by atoms with van der Waals surface area (Å²) in [5.74, 6) is 0.741. The van der Waals surface area contributed by atoms with Crippen LogP contribution in [0.4, 0.5) is 5.69 Å². The van der Waals surface area contributed by atoms with Gasteiger partial charge in [0.2, 0.25) is 0 Å². The molecule has 118 valence electrons. The van der Waals surface area contributed by atoms with Crippen LogP contribution < -0.4 is 5.73 Å². The maximum absolute atomic E-state index is 12.4. The van der Waals surface area contributed by atoms with E-state index in [0.717, 1.165) is 18.4 Å². The highest BCUT2D eigenvalue weighted by atomic mass is 32.2. The summed E-state index contributed by atoms with van der Waals surface area (Å²) in [7, 11) is -1.68. The molecule has 7 heteroatoms. The molecule has 0 radical (unpaired) electrons. The second-order valence-electron chi connectivity index (χ2n) is 5.11. The molecule has 1 aromatic carbocycles. The quantitative estimate of drug-likeness (QED) is 0.806. The van der Waals surface area contributed by atoms with Gasteiger partial charge in [0.15, 0.2) is 9.84 Å². The maximum Gasteiger partial charge on any atom is 0.253 e. The fourth-order valence-corrected chi connectivity index (χ4v) is 3.11. The highest BCUT2D eigenvalue weighted by Gasteiger charge is 2.19. The molecule has 0 aromatic heterocycles. The summed E-state index contributed by atoms with van der Waals surface area (Å²) >= 11 is 1.73. The Balaban J connectivity index is 3.05. The molecular formula is C14H22N2O3S2. The lowest BCUT2D eigenvalue weighted by Crippen LogP contribution is -2.35. The minimum absolute atomic E-state index is 0.0658. The summed E-state index contributed by atoms with van der Waals surface area (Å²) in [4.78, 5) is 14.1.